The van der Waals surface area contributed by atoms with Crippen molar-refractivity contribution in [2.45, 2.75) is 84.7 Å². The van der Waals surface area contributed by atoms with E-state index >= 15 is 0 Å². The lowest BCUT2D eigenvalue weighted by Crippen LogP contribution is -2.46. The lowest BCUT2D eigenvalue weighted by molar-refractivity contribution is -0.137. The first kappa shape index (κ1) is 42.5. The number of nitrogens with two attached hydrogens (primary N) is 3. The average molecular weight is 655 g/mol. The maximum Gasteiger partial charge on any atom is 0.492 e. The van der Waals surface area contributed by atoms with Crippen molar-refractivity contribution >= 4 is 36.5 Å². The molecular formula is C31H50BF3N6O5. The van der Waals surface area contributed by atoms with Crippen molar-refractivity contribution in [3.8, 4) is 0 Å². The lowest BCUT2D eigenvalue weighted by Gasteiger charge is -2.20. The molecule has 2 aromatic rings. The summed E-state index contributed by atoms with van der Waals surface area (Å²) in [4.78, 5) is 33.0. The van der Waals surface area contributed by atoms with E-state index in [1.807, 2.05) is 47.6 Å². The SMILES string of the molecule is CC.CC1(C)OB(O)c2ccc(NC=O)cc21.CCNC(=O)C(N)CCC(=O)NC(CN)CN.CCc1ccc(C(F)(F)F)cc1. The molecule has 11 nitrogen and oxygen atoms in total. The molecule has 0 spiro atoms. The fraction of sp³-hybridized carbons (Fsp3) is 0.516. The third-order valence-electron chi connectivity index (χ3n) is 6.59. The van der Waals surface area contributed by atoms with Crippen LogP contribution in [0.5, 0.6) is 0 Å². The molecule has 1 atom stereocenters. The summed E-state index contributed by atoms with van der Waals surface area (Å²) in [5.41, 5.74) is 18.6. The Balaban J connectivity index is 0.000000650. The summed E-state index contributed by atoms with van der Waals surface area (Å²) in [6, 6.07) is 9.67. The summed E-state index contributed by atoms with van der Waals surface area (Å²) >= 11 is 0. The van der Waals surface area contributed by atoms with E-state index in [-0.39, 0.29) is 24.3 Å². The maximum absolute atomic E-state index is 12.0. The quantitative estimate of drug-likeness (QED) is 0.141. The number of amides is 3. The lowest BCUT2D eigenvalue weighted by atomic mass is 9.78. The second kappa shape index (κ2) is 21.3. The van der Waals surface area contributed by atoms with Crippen molar-refractivity contribution in [3.05, 3.63) is 59.2 Å². The van der Waals surface area contributed by atoms with Crippen molar-refractivity contribution in [2.24, 2.45) is 17.2 Å². The topological polar surface area (TPSA) is 195 Å². The standard InChI is InChI=1S/C10H12BNO3.C10H23N5O2.C9H9F3.C2H6/c1-10(2)8-5-7(12-6-13)3-4-9(8)11(14)15-10;1-2-14-10(17)8(13)3-4-9(16)15-7(5-11)6-12;1-2-7-3-5-8(6-4-7)9(10,11)12;1-2/h3-6,14H,1-2H3,(H,12,13);7-8H,2-6,11-13H2,1H3,(H,14,17)(H,15,16);3-6H,2H2,1H3;1-2H3. The highest BCUT2D eigenvalue weighted by Crippen LogP contribution is 2.31. The number of hydrogen-bond acceptors (Lipinski definition) is 8. The van der Waals surface area contributed by atoms with E-state index in [0.717, 1.165) is 35.1 Å². The summed E-state index contributed by atoms with van der Waals surface area (Å²) in [6.45, 7) is 12.6. The molecule has 10 N–H and O–H groups in total. The van der Waals surface area contributed by atoms with E-state index in [4.69, 9.17) is 21.9 Å². The molecule has 0 saturated heterocycles. The highest BCUT2D eigenvalue weighted by atomic mass is 19.4. The molecule has 15 heteroatoms. The van der Waals surface area contributed by atoms with Crippen molar-refractivity contribution in [1.29, 1.82) is 0 Å². The molecule has 3 amide bonds. The minimum Gasteiger partial charge on any atom is -0.423 e. The number of benzene rings is 2. The molecular weight excluding hydrogens is 604 g/mol. The van der Waals surface area contributed by atoms with Crippen molar-refractivity contribution < 1.29 is 37.2 Å². The van der Waals surface area contributed by atoms with Gasteiger partial charge < -0.3 is 42.8 Å². The number of alkyl halides is 3. The smallest absolute Gasteiger partial charge is 0.423 e. The number of carbonyl (C=O) groups excluding carboxylic acids is 3. The summed E-state index contributed by atoms with van der Waals surface area (Å²) in [7, 11) is -0.875. The number of anilines is 1. The molecule has 258 valence electrons. The Morgan fingerprint density at radius 2 is 1.65 bits per heavy atom. The Kier molecular flexibility index (Phi) is 19.7. The number of hydrogen-bond donors (Lipinski definition) is 7. The predicted octanol–water partition coefficient (Wildman–Crippen LogP) is 2.13. The van der Waals surface area contributed by atoms with Gasteiger partial charge in [0.05, 0.1) is 23.2 Å². The number of carbonyl (C=O) groups is 3. The number of likely N-dealkylation sites (N-methyl/N-ethyl adjacent to an activating group) is 1. The molecule has 3 rings (SSSR count). The van der Waals surface area contributed by atoms with Gasteiger partial charge in [0.15, 0.2) is 0 Å². The first-order valence-corrected chi connectivity index (χ1v) is 15.2. The fourth-order valence-electron chi connectivity index (χ4n) is 4.02. The Morgan fingerprint density at radius 1 is 1.07 bits per heavy atom. The van der Waals surface area contributed by atoms with E-state index in [1.165, 1.54) is 12.1 Å². The minimum atomic E-state index is -4.22. The van der Waals surface area contributed by atoms with Crippen LogP contribution in [-0.2, 0) is 37.2 Å². The number of rotatable bonds is 11. The summed E-state index contributed by atoms with van der Waals surface area (Å²) < 4.78 is 41.5. The first-order valence-electron chi connectivity index (χ1n) is 15.2. The largest absolute Gasteiger partial charge is 0.492 e. The molecule has 46 heavy (non-hydrogen) atoms. The normalized spacial score (nSPS) is 13.4. The molecule has 0 saturated carbocycles. The second-order valence-corrected chi connectivity index (χ2v) is 10.4. The van der Waals surface area contributed by atoms with E-state index in [1.54, 1.807) is 12.1 Å². The average Bonchev–Trinajstić information content (AvgIpc) is 3.26. The summed E-state index contributed by atoms with van der Waals surface area (Å²) in [6.07, 6.45) is -2.33. The van der Waals surface area contributed by atoms with Gasteiger partial charge in [-0.3, -0.25) is 14.4 Å². The molecule has 1 heterocycles. The van der Waals surface area contributed by atoms with Crippen LogP contribution >= 0.6 is 0 Å². The van der Waals surface area contributed by atoms with Crippen LogP contribution in [-0.4, -0.2) is 62.1 Å². The zero-order chi connectivity index (χ0) is 35.5. The van der Waals surface area contributed by atoms with Crippen LogP contribution in [0.3, 0.4) is 0 Å². The molecule has 1 unspecified atom stereocenters. The monoisotopic (exact) mass is 654 g/mol. The molecule has 1 aliphatic rings. The van der Waals surface area contributed by atoms with Gasteiger partial charge in [-0.1, -0.05) is 39.0 Å². The van der Waals surface area contributed by atoms with E-state index in [2.05, 4.69) is 16.0 Å². The van der Waals surface area contributed by atoms with E-state index in [0.29, 0.717) is 38.2 Å². The van der Waals surface area contributed by atoms with Gasteiger partial charge in [-0.15, -0.1) is 0 Å². The van der Waals surface area contributed by atoms with Gasteiger partial charge >= 0.3 is 13.3 Å². The minimum absolute atomic E-state index is 0.189. The van der Waals surface area contributed by atoms with Crippen LogP contribution in [0.4, 0.5) is 18.9 Å². The third kappa shape index (κ3) is 14.7. The molecule has 2 aromatic carbocycles. The number of halogens is 3. The van der Waals surface area contributed by atoms with Gasteiger partial charge in [0, 0.05) is 31.7 Å². The highest BCUT2D eigenvalue weighted by molar-refractivity contribution is 6.62. The van der Waals surface area contributed by atoms with Crippen molar-refractivity contribution in [2.75, 3.05) is 25.0 Å². The van der Waals surface area contributed by atoms with Gasteiger partial charge in [-0.2, -0.15) is 13.2 Å². The zero-order valence-electron chi connectivity index (χ0n) is 27.5. The Morgan fingerprint density at radius 3 is 2.13 bits per heavy atom. The Bertz CT molecular complexity index is 1200. The summed E-state index contributed by atoms with van der Waals surface area (Å²) in [5, 5.41) is 17.5. The van der Waals surface area contributed by atoms with Crippen LogP contribution in [0.2, 0.25) is 0 Å². The van der Waals surface area contributed by atoms with Crippen molar-refractivity contribution in [3.63, 3.8) is 0 Å². The van der Waals surface area contributed by atoms with Gasteiger partial charge in [-0.05, 0) is 74.5 Å². The molecule has 0 bridgehead atoms. The third-order valence-corrected chi connectivity index (χ3v) is 6.59. The molecule has 0 aliphatic carbocycles. The first-order chi connectivity index (χ1) is 21.6. The predicted molar refractivity (Wildman–Crippen MR) is 176 cm³/mol. The highest BCUT2D eigenvalue weighted by Gasteiger charge is 2.40. The van der Waals surface area contributed by atoms with Crippen LogP contribution in [0, 0.1) is 0 Å². The maximum atomic E-state index is 12.0. The van der Waals surface area contributed by atoms with Crippen LogP contribution in [0.25, 0.3) is 0 Å². The number of aryl methyl sites for hydroxylation is 1. The van der Waals surface area contributed by atoms with Gasteiger partial charge in [0.2, 0.25) is 18.2 Å². The van der Waals surface area contributed by atoms with Crippen LogP contribution < -0.4 is 38.6 Å². The molecule has 0 fully saturated rings. The Hall–Kier alpha value is -3.50. The molecule has 0 radical (unpaired) electrons. The van der Waals surface area contributed by atoms with E-state index in [9.17, 15) is 32.6 Å². The van der Waals surface area contributed by atoms with Crippen molar-refractivity contribution in [1.82, 2.24) is 10.6 Å². The second-order valence-electron chi connectivity index (χ2n) is 10.4. The van der Waals surface area contributed by atoms with Crippen LogP contribution in [0.15, 0.2) is 42.5 Å². The van der Waals surface area contributed by atoms with Gasteiger partial charge in [-0.25, -0.2) is 0 Å². The zero-order valence-corrected chi connectivity index (χ0v) is 27.5. The number of fused-ring (bicyclic) bond motifs is 1. The van der Waals surface area contributed by atoms with Gasteiger partial charge in [0.1, 0.15) is 0 Å². The summed E-state index contributed by atoms with van der Waals surface area (Å²) in [5.74, 6) is -0.430. The Labute approximate surface area is 270 Å². The van der Waals surface area contributed by atoms with Gasteiger partial charge in [0.25, 0.3) is 0 Å². The fourth-order valence-corrected chi connectivity index (χ4v) is 4.02. The molecule has 1 aliphatic heterocycles. The number of nitrogens with one attached hydrogen (secondary N) is 3. The van der Waals surface area contributed by atoms with E-state index < -0.39 is 30.5 Å². The van der Waals surface area contributed by atoms with Crippen LogP contribution in [0.1, 0.15) is 71.1 Å². The molecule has 0 aromatic heterocycles.